The van der Waals surface area contributed by atoms with E-state index in [0.717, 1.165) is 12.8 Å². The van der Waals surface area contributed by atoms with Crippen LogP contribution in [0.3, 0.4) is 0 Å². The molecule has 0 bridgehead atoms. The summed E-state index contributed by atoms with van der Waals surface area (Å²) >= 11 is 0. The van der Waals surface area contributed by atoms with Gasteiger partial charge in [0.05, 0.1) is 6.54 Å². The third-order valence-corrected chi connectivity index (χ3v) is 2.73. The van der Waals surface area contributed by atoms with E-state index >= 15 is 0 Å². The van der Waals surface area contributed by atoms with Crippen molar-refractivity contribution in [3.8, 4) is 0 Å². The summed E-state index contributed by atoms with van der Waals surface area (Å²) in [6, 6.07) is 0.146. The number of nitrogens with zero attached hydrogens (tertiary/aromatic N) is 1. The summed E-state index contributed by atoms with van der Waals surface area (Å²) in [6.45, 7) is 2.59. The molecular weight excluding hydrogens is 224 g/mol. The molecule has 0 saturated carbocycles. The summed E-state index contributed by atoms with van der Waals surface area (Å²) in [5.41, 5.74) is 0. The Balaban J connectivity index is 2.42. The number of hydrogen-bond acceptors (Lipinski definition) is 2. The highest BCUT2D eigenvalue weighted by Gasteiger charge is 2.42. The van der Waals surface area contributed by atoms with Gasteiger partial charge in [0, 0.05) is 25.7 Å². The fourth-order valence-electron chi connectivity index (χ4n) is 1.95. The van der Waals surface area contributed by atoms with E-state index in [1.54, 1.807) is 0 Å². The first-order valence-electron chi connectivity index (χ1n) is 5.57. The van der Waals surface area contributed by atoms with Gasteiger partial charge in [-0.15, -0.1) is 0 Å². The van der Waals surface area contributed by atoms with Crippen LogP contribution in [0, 0.1) is 0 Å². The molecule has 1 fully saturated rings. The molecule has 0 spiro atoms. The van der Waals surface area contributed by atoms with Crippen molar-refractivity contribution in [2.24, 2.45) is 0 Å². The standard InChI is InChI=1S/C10H18F4N2/c1-2-3-8-6-16(5-4-15-8)7-10(13,14)9(11)12/h8-9,15H,2-7H2,1H3. The van der Waals surface area contributed by atoms with E-state index in [1.165, 1.54) is 4.90 Å². The lowest BCUT2D eigenvalue weighted by atomic mass is 10.1. The molecule has 6 heteroatoms. The minimum Gasteiger partial charge on any atom is -0.311 e. The zero-order valence-electron chi connectivity index (χ0n) is 9.36. The van der Waals surface area contributed by atoms with Crippen LogP contribution in [0.2, 0.25) is 0 Å². The SMILES string of the molecule is CCCC1CN(CC(F)(F)C(F)F)CCN1. The van der Waals surface area contributed by atoms with Gasteiger partial charge in [-0.3, -0.25) is 4.90 Å². The fraction of sp³-hybridized carbons (Fsp3) is 1.00. The predicted octanol–water partition coefficient (Wildman–Crippen LogP) is 1.96. The van der Waals surface area contributed by atoms with Crippen molar-refractivity contribution in [2.75, 3.05) is 26.2 Å². The van der Waals surface area contributed by atoms with Crippen LogP contribution < -0.4 is 5.32 Å². The second-order valence-corrected chi connectivity index (χ2v) is 4.24. The largest absolute Gasteiger partial charge is 0.319 e. The zero-order valence-corrected chi connectivity index (χ0v) is 9.36. The first kappa shape index (κ1) is 13.7. The highest BCUT2D eigenvalue weighted by Crippen LogP contribution is 2.24. The van der Waals surface area contributed by atoms with Crippen LogP contribution in [0.5, 0.6) is 0 Å². The number of rotatable bonds is 5. The quantitative estimate of drug-likeness (QED) is 0.741. The molecule has 0 aromatic carbocycles. The monoisotopic (exact) mass is 242 g/mol. The third kappa shape index (κ3) is 3.90. The number of alkyl halides is 4. The number of nitrogens with one attached hydrogen (secondary N) is 1. The van der Waals surface area contributed by atoms with Gasteiger partial charge < -0.3 is 5.32 Å². The van der Waals surface area contributed by atoms with Gasteiger partial charge in [0.2, 0.25) is 0 Å². The Bertz CT molecular complexity index is 209. The Morgan fingerprint density at radius 2 is 2.12 bits per heavy atom. The van der Waals surface area contributed by atoms with Crippen molar-refractivity contribution < 1.29 is 17.6 Å². The van der Waals surface area contributed by atoms with Gasteiger partial charge in [0.1, 0.15) is 0 Å². The molecule has 0 amide bonds. The van der Waals surface area contributed by atoms with Crippen LogP contribution in [0.1, 0.15) is 19.8 Å². The zero-order chi connectivity index (χ0) is 12.2. The number of hydrogen-bond donors (Lipinski definition) is 1. The Morgan fingerprint density at radius 1 is 1.44 bits per heavy atom. The van der Waals surface area contributed by atoms with Gasteiger partial charge in [-0.05, 0) is 6.42 Å². The number of halogens is 4. The van der Waals surface area contributed by atoms with Crippen molar-refractivity contribution >= 4 is 0 Å². The van der Waals surface area contributed by atoms with E-state index in [0.29, 0.717) is 19.6 Å². The predicted molar refractivity (Wildman–Crippen MR) is 54.1 cm³/mol. The van der Waals surface area contributed by atoms with Gasteiger partial charge in [0.15, 0.2) is 0 Å². The molecule has 1 saturated heterocycles. The van der Waals surface area contributed by atoms with Crippen molar-refractivity contribution in [1.82, 2.24) is 10.2 Å². The molecule has 1 unspecified atom stereocenters. The Kier molecular flexibility index (Phi) is 4.98. The summed E-state index contributed by atoms with van der Waals surface area (Å²) in [7, 11) is 0. The van der Waals surface area contributed by atoms with E-state index in [9.17, 15) is 17.6 Å². The van der Waals surface area contributed by atoms with Crippen LogP contribution in [-0.4, -0.2) is 49.5 Å². The molecule has 1 aliphatic rings. The molecule has 96 valence electrons. The maximum absolute atomic E-state index is 12.8. The van der Waals surface area contributed by atoms with Crippen LogP contribution in [0.25, 0.3) is 0 Å². The second kappa shape index (κ2) is 5.82. The van der Waals surface area contributed by atoms with Crippen molar-refractivity contribution in [3.63, 3.8) is 0 Å². The molecule has 0 aliphatic carbocycles. The van der Waals surface area contributed by atoms with Crippen molar-refractivity contribution in [3.05, 3.63) is 0 Å². The molecule has 1 atom stereocenters. The molecule has 16 heavy (non-hydrogen) atoms. The Labute approximate surface area is 93.0 Å². The molecule has 1 heterocycles. The topological polar surface area (TPSA) is 15.3 Å². The highest BCUT2D eigenvalue weighted by molar-refractivity contribution is 4.82. The molecular formula is C10H18F4N2. The van der Waals surface area contributed by atoms with Gasteiger partial charge in [-0.2, -0.15) is 8.78 Å². The molecule has 1 N–H and O–H groups in total. The average molecular weight is 242 g/mol. The van der Waals surface area contributed by atoms with E-state index in [2.05, 4.69) is 5.32 Å². The Hall–Kier alpha value is -0.360. The summed E-state index contributed by atoms with van der Waals surface area (Å²) in [5.74, 6) is -3.89. The minimum absolute atomic E-state index is 0.146. The second-order valence-electron chi connectivity index (χ2n) is 4.24. The molecule has 0 aromatic rings. The van der Waals surface area contributed by atoms with Crippen LogP contribution in [0.15, 0.2) is 0 Å². The van der Waals surface area contributed by atoms with Crippen LogP contribution >= 0.6 is 0 Å². The lowest BCUT2D eigenvalue weighted by Crippen LogP contribution is -2.54. The van der Waals surface area contributed by atoms with E-state index in [-0.39, 0.29) is 6.04 Å². The maximum atomic E-state index is 12.8. The fourth-order valence-corrected chi connectivity index (χ4v) is 1.95. The smallest absolute Gasteiger partial charge is 0.311 e. The first-order valence-corrected chi connectivity index (χ1v) is 5.57. The molecule has 2 nitrogen and oxygen atoms in total. The molecule has 1 aliphatic heterocycles. The minimum atomic E-state index is -3.89. The number of piperazine rings is 1. The summed E-state index contributed by atoms with van der Waals surface area (Å²) in [5, 5.41) is 3.19. The highest BCUT2D eigenvalue weighted by atomic mass is 19.3. The normalized spacial score (nSPS) is 24.0. The summed E-state index contributed by atoms with van der Waals surface area (Å²) in [4.78, 5) is 1.42. The summed E-state index contributed by atoms with van der Waals surface area (Å²) in [6.07, 6.45) is -1.74. The lowest BCUT2D eigenvalue weighted by Gasteiger charge is -2.35. The lowest BCUT2D eigenvalue weighted by molar-refractivity contribution is -0.144. The first-order chi connectivity index (χ1) is 7.45. The van der Waals surface area contributed by atoms with Gasteiger partial charge in [-0.25, -0.2) is 8.78 Å². The van der Waals surface area contributed by atoms with Crippen molar-refractivity contribution in [1.29, 1.82) is 0 Å². The Morgan fingerprint density at radius 3 is 2.69 bits per heavy atom. The van der Waals surface area contributed by atoms with Gasteiger partial charge in [0.25, 0.3) is 0 Å². The molecule has 0 radical (unpaired) electrons. The average Bonchev–Trinajstić information content (AvgIpc) is 2.17. The van der Waals surface area contributed by atoms with Crippen LogP contribution in [0.4, 0.5) is 17.6 Å². The molecule has 1 rings (SSSR count). The van der Waals surface area contributed by atoms with Gasteiger partial charge in [-0.1, -0.05) is 13.3 Å². The van der Waals surface area contributed by atoms with Gasteiger partial charge >= 0.3 is 12.3 Å². The molecule has 0 aromatic heterocycles. The third-order valence-electron chi connectivity index (χ3n) is 2.73. The van der Waals surface area contributed by atoms with Crippen molar-refractivity contribution in [2.45, 2.75) is 38.2 Å². The van der Waals surface area contributed by atoms with Crippen LogP contribution in [-0.2, 0) is 0 Å². The maximum Gasteiger partial charge on any atom is 0.319 e. The van der Waals surface area contributed by atoms with E-state index in [4.69, 9.17) is 0 Å². The van der Waals surface area contributed by atoms with E-state index < -0.39 is 18.9 Å². The summed E-state index contributed by atoms with van der Waals surface area (Å²) < 4.78 is 49.7. The van der Waals surface area contributed by atoms with E-state index in [1.807, 2.05) is 6.92 Å².